The van der Waals surface area contributed by atoms with E-state index in [-0.39, 0.29) is 4.83 Å². The fourth-order valence-electron chi connectivity index (χ4n) is 2.70. The molecule has 0 aliphatic carbocycles. The number of hydrogen-bond donors (Lipinski definition) is 0. The molecule has 20 heavy (non-hydrogen) atoms. The van der Waals surface area contributed by atoms with Crippen LogP contribution in [0, 0.1) is 13.8 Å². The van der Waals surface area contributed by atoms with E-state index in [1.807, 2.05) is 12.1 Å². The second-order valence-corrected chi connectivity index (χ2v) is 6.59. The van der Waals surface area contributed by atoms with E-state index in [9.17, 15) is 0 Å². The van der Waals surface area contributed by atoms with Gasteiger partial charge in [0.05, 0.1) is 11.4 Å². The molecule has 0 fully saturated rings. The fourth-order valence-corrected chi connectivity index (χ4v) is 3.79. The van der Waals surface area contributed by atoms with Gasteiger partial charge in [-0.15, -0.1) is 0 Å². The first-order valence-electron chi connectivity index (χ1n) is 6.73. The van der Waals surface area contributed by atoms with Crippen LogP contribution in [0.15, 0.2) is 30.3 Å². The molecule has 1 heterocycles. The summed E-state index contributed by atoms with van der Waals surface area (Å²) >= 11 is 10.1. The number of aryl methyl sites for hydroxylation is 1. The van der Waals surface area contributed by atoms with E-state index in [0.717, 1.165) is 29.4 Å². The Labute approximate surface area is 133 Å². The number of benzene rings is 2. The summed E-state index contributed by atoms with van der Waals surface area (Å²) in [5, 5.41) is 0.777. The lowest BCUT2D eigenvalue weighted by molar-refractivity contribution is 0.354. The van der Waals surface area contributed by atoms with Crippen LogP contribution in [0.4, 0.5) is 0 Å². The van der Waals surface area contributed by atoms with Crippen molar-refractivity contribution in [2.24, 2.45) is 0 Å². The van der Waals surface area contributed by atoms with Gasteiger partial charge in [0.1, 0.15) is 5.75 Å². The summed E-state index contributed by atoms with van der Waals surface area (Å²) in [5.74, 6) is 0.997. The normalized spacial score (nSPS) is 14.8. The van der Waals surface area contributed by atoms with E-state index in [2.05, 4.69) is 48.0 Å². The minimum Gasteiger partial charge on any atom is -0.493 e. The molecular formula is C17H16BrClO. The smallest absolute Gasteiger partial charge is 0.127 e. The van der Waals surface area contributed by atoms with Crippen LogP contribution in [-0.2, 0) is 6.42 Å². The van der Waals surface area contributed by atoms with Gasteiger partial charge < -0.3 is 4.74 Å². The van der Waals surface area contributed by atoms with E-state index < -0.39 is 0 Å². The Morgan fingerprint density at radius 1 is 1.20 bits per heavy atom. The zero-order chi connectivity index (χ0) is 14.3. The summed E-state index contributed by atoms with van der Waals surface area (Å²) in [7, 11) is 0. The standard InChI is InChI=1S/C17H16BrClO/c1-10-4-3-5-14(11(10)2)16(18)15-9-13(19)8-12-6-7-20-17(12)15/h3-5,8-9,16H,6-7H2,1-2H3. The fraction of sp³-hybridized carbons (Fsp3) is 0.294. The predicted octanol–water partition coefficient (Wildman–Crippen LogP) is 5.38. The molecule has 0 amide bonds. The van der Waals surface area contributed by atoms with Gasteiger partial charge in [-0.1, -0.05) is 45.7 Å². The van der Waals surface area contributed by atoms with Gasteiger partial charge in [-0.05, 0) is 48.2 Å². The predicted molar refractivity (Wildman–Crippen MR) is 87.3 cm³/mol. The molecule has 104 valence electrons. The van der Waals surface area contributed by atoms with E-state index >= 15 is 0 Å². The quantitative estimate of drug-likeness (QED) is 0.660. The van der Waals surface area contributed by atoms with E-state index in [0.29, 0.717) is 0 Å². The molecule has 2 aromatic rings. The molecule has 0 aromatic heterocycles. The number of fused-ring (bicyclic) bond motifs is 1. The van der Waals surface area contributed by atoms with Crippen LogP contribution >= 0.6 is 27.5 Å². The SMILES string of the molecule is Cc1cccc(C(Br)c2cc(Cl)cc3c2OCC3)c1C. The molecule has 3 rings (SSSR count). The summed E-state index contributed by atoms with van der Waals surface area (Å²) in [4.78, 5) is 0.105. The van der Waals surface area contributed by atoms with Gasteiger partial charge in [-0.2, -0.15) is 0 Å². The van der Waals surface area contributed by atoms with Gasteiger partial charge in [-0.25, -0.2) is 0 Å². The molecule has 1 nitrogen and oxygen atoms in total. The van der Waals surface area contributed by atoms with Crippen molar-refractivity contribution in [2.45, 2.75) is 25.1 Å². The Morgan fingerprint density at radius 3 is 2.80 bits per heavy atom. The molecule has 0 saturated heterocycles. The van der Waals surface area contributed by atoms with Crippen molar-refractivity contribution >= 4 is 27.5 Å². The Hall–Kier alpha value is -0.990. The summed E-state index contributed by atoms with van der Waals surface area (Å²) < 4.78 is 5.81. The Kier molecular flexibility index (Phi) is 3.78. The van der Waals surface area contributed by atoms with E-state index in [1.165, 1.54) is 22.3 Å². The molecule has 2 aromatic carbocycles. The lowest BCUT2D eigenvalue weighted by Gasteiger charge is -2.18. The second kappa shape index (κ2) is 5.42. The first kappa shape index (κ1) is 14.0. The van der Waals surface area contributed by atoms with Gasteiger partial charge in [-0.3, -0.25) is 0 Å². The lowest BCUT2D eigenvalue weighted by Crippen LogP contribution is -2.00. The summed E-state index contributed by atoms with van der Waals surface area (Å²) in [6, 6.07) is 10.4. The maximum atomic E-state index is 6.25. The Bertz CT molecular complexity index is 666. The molecular weight excluding hydrogens is 336 g/mol. The van der Waals surface area contributed by atoms with Crippen molar-refractivity contribution in [2.75, 3.05) is 6.61 Å². The molecule has 3 heteroatoms. The lowest BCUT2D eigenvalue weighted by atomic mass is 9.95. The maximum Gasteiger partial charge on any atom is 0.127 e. The van der Waals surface area contributed by atoms with Gasteiger partial charge in [0.15, 0.2) is 0 Å². The van der Waals surface area contributed by atoms with Gasteiger partial charge in [0, 0.05) is 17.0 Å². The Balaban J connectivity index is 2.11. The van der Waals surface area contributed by atoms with Crippen LogP contribution < -0.4 is 4.74 Å². The molecule has 0 bridgehead atoms. The minimum absolute atomic E-state index is 0.105. The third-order valence-electron chi connectivity index (χ3n) is 3.97. The first-order chi connectivity index (χ1) is 9.58. The van der Waals surface area contributed by atoms with Crippen LogP contribution in [0.2, 0.25) is 5.02 Å². The zero-order valence-corrected chi connectivity index (χ0v) is 13.9. The largest absolute Gasteiger partial charge is 0.493 e. The van der Waals surface area contributed by atoms with Crippen molar-refractivity contribution in [3.8, 4) is 5.75 Å². The highest BCUT2D eigenvalue weighted by atomic mass is 79.9. The minimum atomic E-state index is 0.105. The third-order valence-corrected chi connectivity index (χ3v) is 5.17. The van der Waals surface area contributed by atoms with Crippen LogP contribution in [0.1, 0.15) is 32.6 Å². The molecule has 0 saturated carbocycles. The average Bonchev–Trinajstić information content (AvgIpc) is 2.88. The molecule has 0 radical (unpaired) electrons. The monoisotopic (exact) mass is 350 g/mol. The van der Waals surface area contributed by atoms with Gasteiger partial charge >= 0.3 is 0 Å². The van der Waals surface area contributed by atoms with Gasteiger partial charge in [0.2, 0.25) is 0 Å². The van der Waals surface area contributed by atoms with Gasteiger partial charge in [0.25, 0.3) is 0 Å². The summed E-state index contributed by atoms with van der Waals surface area (Å²) in [6.45, 7) is 5.04. The maximum absolute atomic E-state index is 6.25. The van der Waals surface area contributed by atoms with E-state index in [1.54, 1.807) is 0 Å². The van der Waals surface area contributed by atoms with Crippen LogP contribution in [0.25, 0.3) is 0 Å². The summed E-state index contributed by atoms with van der Waals surface area (Å²) in [6.07, 6.45) is 0.940. The molecule has 1 atom stereocenters. The number of alkyl halides is 1. The first-order valence-corrected chi connectivity index (χ1v) is 8.02. The number of halogens is 2. The third kappa shape index (κ3) is 2.36. The highest BCUT2D eigenvalue weighted by molar-refractivity contribution is 9.09. The van der Waals surface area contributed by atoms with Crippen LogP contribution in [0.5, 0.6) is 5.75 Å². The zero-order valence-electron chi connectivity index (χ0n) is 11.5. The van der Waals surface area contributed by atoms with Crippen LogP contribution in [-0.4, -0.2) is 6.61 Å². The topological polar surface area (TPSA) is 9.23 Å². The molecule has 0 spiro atoms. The van der Waals surface area contributed by atoms with Crippen molar-refractivity contribution in [1.29, 1.82) is 0 Å². The molecule has 1 unspecified atom stereocenters. The molecule has 0 N–H and O–H groups in total. The Morgan fingerprint density at radius 2 is 2.00 bits per heavy atom. The van der Waals surface area contributed by atoms with Crippen molar-refractivity contribution in [3.63, 3.8) is 0 Å². The number of rotatable bonds is 2. The van der Waals surface area contributed by atoms with E-state index in [4.69, 9.17) is 16.3 Å². The average molecular weight is 352 g/mol. The summed E-state index contributed by atoms with van der Waals surface area (Å²) in [5.41, 5.74) is 6.21. The highest BCUT2D eigenvalue weighted by Crippen LogP contribution is 2.43. The molecule has 1 aliphatic rings. The van der Waals surface area contributed by atoms with Crippen molar-refractivity contribution in [3.05, 3.63) is 63.2 Å². The number of hydrogen-bond acceptors (Lipinski definition) is 1. The second-order valence-electron chi connectivity index (χ2n) is 5.23. The van der Waals surface area contributed by atoms with Crippen molar-refractivity contribution in [1.82, 2.24) is 0 Å². The van der Waals surface area contributed by atoms with Crippen LogP contribution in [0.3, 0.4) is 0 Å². The molecule has 1 aliphatic heterocycles. The highest BCUT2D eigenvalue weighted by Gasteiger charge is 2.24. The number of ether oxygens (including phenoxy) is 1. The van der Waals surface area contributed by atoms with Crippen molar-refractivity contribution < 1.29 is 4.74 Å².